The average molecular weight is 496 g/mol. The molecule has 1 atom stereocenters. The lowest BCUT2D eigenvalue weighted by Gasteiger charge is -2.17. The average Bonchev–Trinajstić information content (AvgIpc) is 2.85. The molecule has 0 saturated carbocycles. The van der Waals surface area contributed by atoms with Gasteiger partial charge in [-0.05, 0) is 74.6 Å². The minimum atomic E-state index is -0.0559. The fourth-order valence-electron chi connectivity index (χ4n) is 3.34. The highest BCUT2D eigenvalue weighted by atomic mass is 32.2. The summed E-state index contributed by atoms with van der Waals surface area (Å²) in [5.41, 5.74) is 6.37. The molecular weight excluding hydrogens is 462 g/mol. The summed E-state index contributed by atoms with van der Waals surface area (Å²) in [6, 6.07) is 16.2. The third kappa shape index (κ3) is 7.76. The molecule has 1 unspecified atom stereocenters. The number of allylic oxidation sites excluding steroid dienone is 2. The molecule has 6 heteroatoms. The van der Waals surface area contributed by atoms with Crippen LogP contribution in [0.2, 0.25) is 0 Å². The Balaban J connectivity index is 1.45. The highest BCUT2D eigenvalue weighted by Gasteiger charge is 2.14. The molecule has 0 radical (unpaired) electrons. The molecular formula is C28H33NO3S2. The maximum atomic E-state index is 12.4. The molecule has 0 fully saturated rings. The highest BCUT2D eigenvalue weighted by Crippen LogP contribution is 2.27. The highest BCUT2D eigenvalue weighted by molar-refractivity contribution is 8.00. The van der Waals surface area contributed by atoms with Crippen LogP contribution in [0.25, 0.3) is 5.76 Å². The molecule has 34 heavy (non-hydrogen) atoms. The molecule has 0 spiro atoms. The standard InChI is InChI=1S/C28H33NO3S2/c1-5-6-17-31-25-12-7-22(8-13-25)20(2)29-28(30)19-34-18-24-11-16-27(32-21(24)3)23-9-14-26(33-4)15-10-23/h7-15,20H,5-6,17-19H2,1-4H3,(H,29,30). The van der Waals surface area contributed by atoms with Crippen LogP contribution in [0.4, 0.5) is 0 Å². The summed E-state index contributed by atoms with van der Waals surface area (Å²) in [5.74, 6) is 3.55. The Labute approximate surface area is 211 Å². The fourth-order valence-corrected chi connectivity index (χ4v) is 4.62. The Kier molecular flexibility index (Phi) is 10.3. The number of nitrogens with one attached hydrogen (secondary N) is 1. The fraction of sp³-hybridized carbons (Fsp3) is 0.357. The second-order valence-corrected chi connectivity index (χ2v) is 9.95. The smallest absolute Gasteiger partial charge is 0.230 e. The van der Waals surface area contributed by atoms with Crippen molar-refractivity contribution in [2.45, 2.75) is 44.6 Å². The zero-order valence-electron chi connectivity index (χ0n) is 20.4. The summed E-state index contributed by atoms with van der Waals surface area (Å²) in [4.78, 5) is 13.7. The van der Waals surface area contributed by atoms with E-state index < -0.39 is 0 Å². The minimum Gasteiger partial charge on any atom is -0.494 e. The lowest BCUT2D eigenvalue weighted by Crippen LogP contribution is -2.28. The van der Waals surface area contributed by atoms with Crippen molar-refractivity contribution in [1.29, 1.82) is 0 Å². The largest absolute Gasteiger partial charge is 0.494 e. The van der Waals surface area contributed by atoms with E-state index in [1.807, 2.05) is 56.3 Å². The van der Waals surface area contributed by atoms with Gasteiger partial charge in [-0.25, -0.2) is 0 Å². The van der Waals surface area contributed by atoms with Crippen LogP contribution < -0.4 is 10.1 Å². The molecule has 0 aromatic heterocycles. The molecule has 0 aliphatic carbocycles. The number of thioether (sulfide) groups is 2. The van der Waals surface area contributed by atoms with Gasteiger partial charge in [-0.3, -0.25) is 4.79 Å². The van der Waals surface area contributed by atoms with Crippen molar-refractivity contribution in [3.05, 3.63) is 82.8 Å². The van der Waals surface area contributed by atoms with Gasteiger partial charge in [0.1, 0.15) is 11.5 Å². The Morgan fingerprint density at radius 2 is 1.88 bits per heavy atom. The number of carbonyl (C=O) groups excluding carboxylic acids is 1. The van der Waals surface area contributed by atoms with E-state index >= 15 is 0 Å². The van der Waals surface area contributed by atoms with Gasteiger partial charge in [-0.15, -0.1) is 23.5 Å². The Morgan fingerprint density at radius 1 is 1.15 bits per heavy atom. The second kappa shape index (κ2) is 13.4. The van der Waals surface area contributed by atoms with Gasteiger partial charge < -0.3 is 14.8 Å². The normalized spacial score (nSPS) is 13.8. The van der Waals surface area contributed by atoms with E-state index in [1.54, 1.807) is 23.5 Å². The quantitative estimate of drug-likeness (QED) is 0.195. The van der Waals surface area contributed by atoms with Crippen molar-refractivity contribution in [2.24, 2.45) is 0 Å². The monoisotopic (exact) mass is 495 g/mol. The molecule has 1 amide bonds. The van der Waals surface area contributed by atoms with Gasteiger partial charge in [0, 0.05) is 21.8 Å². The van der Waals surface area contributed by atoms with Crippen LogP contribution in [0.1, 0.15) is 50.8 Å². The molecule has 180 valence electrons. The van der Waals surface area contributed by atoms with Crippen LogP contribution >= 0.6 is 23.5 Å². The molecule has 3 rings (SSSR count). The van der Waals surface area contributed by atoms with Crippen molar-refractivity contribution in [2.75, 3.05) is 24.4 Å². The van der Waals surface area contributed by atoms with Gasteiger partial charge in [0.25, 0.3) is 0 Å². The van der Waals surface area contributed by atoms with E-state index in [0.29, 0.717) is 11.5 Å². The first-order valence-corrected chi connectivity index (χ1v) is 14.0. The van der Waals surface area contributed by atoms with Gasteiger partial charge in [0.05, 0.1) is 18.4 Å². The predicted octanol–water partition coefficient (Wildman–Crippen LogP) is 7.00. The molecule has 0 saturated heterocycles. The lowest BCUT2D eigenvalue weighted by molar-refractivity contribution is -0.119. The van der Waals surface area contributed by atoms with Crippen LogP contribution in [0.5, 0.6) is 5.75 Å². The van der Waals surface area contributed by atoms with Crippen LogP contribution in [0, 0.1) is 0 Å². The van der Waals surface area contributed by atoms with E-state index in [-0.39, 0.29) is 11.9 Å². The summed E-state index contributed by atoms with van der Waals surface area (Å²) in [6.07, 6.45) is 6.19. The Bertz CT molecular complexity index is 1050. The maximum absolute atomic E-state index is 12.4. The van der Waals surface area contributed by atoms with Gasteiger partial charge in [0.2, 0.25) is 5.91 Å². The van der Waals surface area contributed by atoms with Gasteiger partial charge >= 0.3 is 0 Å². The molecule has 1 aliphatic heterocycles. The van der Waals surface area contributed by atoms with E-state index in [9.17, 15) is 4.79 Å². The van der Waals surface area contributed by atoms with E-state index in [2.05, 4.69) is 36.4 Å². The van der Waals surface area contributed by atoms with Crippen molar-refractivity contribution in [3.8, 4) is 5.75 Å². The summed E-state index contributed by atoms with van der Waals surface area (Å²) in [5, 5.41) is 3.08. The number of hydrogen-bond donors (Lipinski definition) is 1. The number of hydrogen-bond acceptors (Lipinski definition) is 5. The molecule has 1 N–H and O–H groups in total. The number of amides is 1. The third-order valence-corrected chi connectivity index (χ3v) is 7.18. The number of rotatable bonds is 12. The molecule has 1 aliphatic rings. The number of carbonyl (C=O) groups is 1. The number of benzene rings is 2. The SMILES string of the molecule is CCCCOc1ccc(C(C)NC(=O)CSCC2=C(C)OC(c3ccc(SC)cc3)=C=C2)cc1. The van der Waals surface area contributed by atoms with Crippen LogP contribution in [0.15, 0.2) is 76.6 Å². The lowest BCUT2D eigenvalue weighted by atomic mass is 10.1. The zero-order valence-corrected chi connectivity index (χ0v) is 22.0. The van der Waals surface area contributed by atoms with Crippen molar-refractivity contribution >= 4 is 35.2 Å². The van der Waals surface area contributed by atoms with Crippen LogP contribution in [-0.4, -0.2) is 30.3 Å². The van der Waals surface area contributed by atoms with Gasteiger partial charge in [0.15, 0.2) is 5.76 Å². The van der Waals surface area contributed by atoms with Gasteiger partial charge in [-0.1, -0.05) is 31.2 Å². The topological polar surface area (TPSA) is 47.6 Å². The maximum Gasteiger partial charge on any atom is 0.230 e. The summed E-state index contributed by atoms with van der Waals surface area (Å²) in [6.45, 7) is 6.84. The van der Waals surface area contributed by atoms with Crippen molar-refractivity contribution < 1.29 is 14.3 Å². The zero-order chi connectivity index (χ0) is 24.3. The van der Waals surface area contributed by atoms with Crippen LogP contribution in [0.3, 0.4) is 0 Å². The second-order valence-electron chi connectivity index (χ2n) is 8.08. The third-order valence-electron chi connectivity index (χ3n) is 5.45. The Morgan fingerprint density at radius 3 is 2.53 bits per heavy atom. The van der Waals surface area contributed by atoms with Gasteiger partial charge in [-0.2, -0.15) is 0 Å². The molecule has 2 aromatic carbocycles. The number of unbranched alkanes of at least 4 members (excludes halogenated alkanes) is 1. The summed E-state index contributed by atoms with van der Waals surface area (Å²) >= 11 is 3.29. The summed E-state index contributed by atoms with van der Waals surface area (Å²) in [7, 11) is 0. The van der Waals surface area contributed by atoms with Crippen molar-refractivity contribution in [1.82, 2.24) is 5.32 Å². The first-order valence-electron chi connectivity index (χ1n) is 11.6. The van der Waals surface area contributed by atoms with Crippen LogP contribution in [-0.2, 0) is 9.53 Å². The van der Waals surface area contributed by atoms with E-state index in [1.165, 1.54) is 4.90 Å². The first-order chi connectivity index (χ1) is 16.5. The summed E-state index contributed by atoms with van der Waals surface area (Å²) < 4.78 is 11.7. The first kappa shape index (κ1) is 26.1. The minimum absolute atomic E-state index is 0.0184. The predicted molar refractivity (Wildman–Crippen MR) is 144 cm³/mol. The Hall–Kier alpha value is -2.53. The molecule has 0 bridgehead atoms. The van der Waals surface area contributed by atoms with E-state index in [4.69, 9.17) is 9.47 Å². The number of ether oxygens (including phenoxy) is 2. The molecule has 2 aromatic rings. The van der Waals surface area contributed by atoms with Crippen molar-refractivity contribution in [3.63, 3.8) is 0 Å². The van der Waals surface area contributed by atoms with E-state index in [0.717, 1.165) is 53.4 Å². The molecule has 1 heterocycles. The molecule has 4 nitrogen and oxygen atoms in total.